The van der Waals surface area contributed by atoms with Crippen molar-refractivity contribution in [2.45, 2.75) is 38.2 Å². The lowest BCUT2D eigenvalue weighted by atomic mass is 10.1. The molecule has 1 saturated heterocycles. The van der Waals surface area contributed by atoms with Crippen LogP contribution in [0.1, 0.15) is 32.1 Å². The van der Waals surface area contributed by atoms with Crippen LogP contribution < -0.4 is 10.2 Å². The van der Waals surface area contributed by atoms with Crippen molar-refractivity contribution < 1.29 is 9.90 Å². The van der Waals surface area contributed by atoms with Crippen LogP contribution in [0.2, 0.25) is 0 Å². The summed E-state index contributed by atoms with van der Waals surface area (Å²) in [6.07, 6.45) is 4.48. The minimum atomic E-state index is -0.475. The Balaban J connectivity index is 1.67. The van der Waals surface area contributed by atoms with E-state index in [2.05, 4.69) is 16.3 Å². The molecule has 0 spiro atoms. The van der Waals surface area contributed by atoms with Crippen LogP contribution >= 0.6 is 0 Å². The maximum Gasteiger partial charge on any atom is 0.230 e. The van der Waals surface area contributed by atoms with E-state index < -0.39 is 6.10 Å². The largest absolute Gasteiger partial charge is 0.392 e. The van der Waals surface area contributed by atoms with Gasteiger partial charge in [0.05, 0.1) is 12.0 Å². The van der Waals surface area contributed by atoms with Crippen LogP contribution in [0, 0.1) is 5.92 Å². The molecule has 2 unspecified atom stereocenters. The molecule has 20 heavy (non-hydrogen) atoms. The molecule has 2 N–H and O–H groups in total. The molecule has 4 heteroatoms. The molecular formula is C16H22N2O2. The minimum Gasteiger partial charge on any atom is -0.392 e. The summed E-state index contributed by atoms with van der Waals surface area (Å²) in [6.45, 7) is 2.19. The molecule has 108 valence electrons. The number of aliphatic hydroxyl groups excluding tert-OH is 1. The number of nitrogens with one attached hydrogen (secondary N) is 1. The van der Waals surface area contributed by atoms with Gasteiger partial charge in [0.1, 0.15) is 0 Å². The summed E-state index contributed by atoms with van der Waals surface area (Å²) < 4.78 is 0. The predicted molar refractivity (Wildman–Crippen MR) is 79.9 cm³/mol. The Labute approximate surface area is 119 Å². The van der Waals surface area contributed by atoms with Crippen LogP contribution in [-0.2, 0) is 4.79 Å². The van der Waals surface area contributed by atoms with E-state index in [1.807, 2.05) is 18.2 Å². The molecule has 2 atom stereocenters. The average molecular weight is 274 g/mol. The fraction of sp³-hybridized carbons (Fsp3) is 0.562. The molecule has 1 aliphatic heterocycles. The summed E-state index contributed by atoms with van der Waals surface area (Å²) in [5.41, 5.74) is 2.01. The number of aliphatic hydroxyl groups is 1. The first-order chi connectivity index (χ1) is 9.74. The average Bonchev–Trinajstić information content (AvgIpc) is 3.09. The van der Waals surface area contributed by atoms with E-state index >= 15 is 0 Å². The zero-order valence-electron chi connectivity index (χ0n) is 11.7. The molecule has 1 saturated carbocycles. The normalized spacial score (nSPS) is 25.9. The Hall–Kier alpha value is -1.55. The number of carbonyl (C=O) groups is 1. The molecule has 0 radical (unpaired) electrons. The number of carbonyl (C=O) groups excluding carboxylic acids is 1. The van der Waals surface area contributed by atoms with E-state index in [1.165, 1.54) is 18.5 Å². The summed E-state index contributed by atoms with van der Waals surface area (Å²) in [6, 6.07) is 8.02. The van der Waals surface area contributed by atoms with Crippen molar-refractivity contribution in [2.75, 3.05) is 23.3 Å². The summed E-state index contributed by atoms with van der Waals surface area (Å²) in [7, 11) is 0. The number of rotatable bonds is 3. The number of hydrogen-bond acceptors (Lipinski definition) is 3. The molecule has 2 fully saturated rings. The molecule has 1 amide bonds. The van der Waals surface area contributed by atoms with Gasteiger partial charge in [-0.05, 0) is 50.3 Å². The third kappa shape index (κ3) is 2.80. The molecular weight excluding hydrogens is 252 g/mol. The van der Waals surface area contributed by atoms with Crippen molar-refractivity contribution in [3.8, 4) is 0 Å². The molecule has 3 rings (SSSR count). The van der Waals surface area contributed by atoms with Gasteiger partial charge in [0.15, 0.2) is 0 Å². The molecule has 1 aromatic carbocycles. The maximum absolute atomic E-state index is 12.2. The van der Waals surface area contributed by atoms with Crippen LogP contribution in [0.5, 0.6) is 0 Å². The first kappa shape index (κ1) is 13.4. The fourth-order valence-corrected chi connectivity index (χ4v) is 3.24. The third-order valence-electron chi connectivity index (χ3n) is 4.40. The zero-order valence-corrected chi connectivity index (χ0v) is 11.7. The van der Waals surface area contributed by atoms with E-state index in [1.54, 1.807) is 0 Å². The third-order valence-corrected chi connectivity index (χ3v) is 4.40. The monoisotopic (exact) mass is 274 g/mol. The fourth-order valence-electron chi connectivity index (χ4n) is 3.24. The van der Waals surface area contributed by atoms with Crippen molar-refractivity contribution in [3.05, 3.63) is 24.3 Å². The summed E-state index contributed by atoms with van der Waals surface area (Å²) in [5, 5.41) is 12.7. The smallest absolute Gasteiger partial charge is 0.230 e. The van der Waals surface area contributed by atoms with E-state index in [4.69, 9.17) is 0 Å². The molecule has 4 nitrogen and oxygen atoms in total. The standard InChI is InChI=1S/C16H22N2O2/c19-15-8-4-7-14(15)16(20)17-12-5-3-6-13(11-12)18-9-1-2-10-18/h3,5-6,11,14-15,19H,1-2,4,7-10H2,(H,17,20). The minimum absolute atomic E-state index is 0.0476. The van der Waals surface area contributed by atoms with Gasteiger partial charge in [0.2, 0.25) is 5.91 Å². The molecule has 1 aromatic rings. The van der Waals surface area contributed by atoms with E-state index in [0.29, 0.717) is 0 Å². The van der Waals surface area contributed by atoms with Crippen molar-refractivity contribution in [2.24, 2.45) is 5.92 Å². The number of nitrogens with zero attached hydrogens (tertiary/aromatic N) is 1. The number of hydrogen-bond donors (Lipinski definition) is 2. The highest BCUT2D eigenvalue weighted by atomic mass is 16.3. The first-order valence-electron chi connectivity index (χ1n) is 7.58. The summed E-state index contributed by atoms with van der Waals surface area (Å²) in [5.74, 6) is -0.293. The van der Waals surface area contributed by atoms with E-state index in [0.717, 1.165) is 38.0 Å². The topological polar surface area (TPSA) is 52.6 Å². The van der Waals surface area contributed by atoms with Gasteiger partial charge in [0, 0.05) is 24.5 Å². The molecule has 2 aliphatic rings. The predicted octanol–water partition coefficient (Wildman–Crippen LogP) is 2.39. The lowest BCUT2D eigenvalue weighted by Crippen LogP contribution is -2.28. The number of amides is 1. The van der Waals surface area contributed by atoms with Crippen molar-refractivity contribution in [1.82, 2.24) is 0 Å². The van der Waals surface area contributed by atoms with E-state index in [-0.39, 0.29) is 11.8 Å². The van der Waals surface area contributed by atoms with Gasteiger partial charge in [-0.3, -0.25) is 4.79 Å². The number of benzene rings is 1. The highest BCUT2D eigenvalue weighted by Gasteiger charge is 2.31. The second kappa shape index (κ2) is 5.83. The lowest BCUT2D eigenvalue weighted by molar-refractivity contribution is -0.122. The lowest BCUT2D eigenvalue weighted by Gasteiger charge is -2.19. The van der Waals surface area contributed by atoms with E-state index in [9.17, 15) is 9.90 Å². The molecule has 1 aliphatic carbocycles. The Morgan fingerprint density at radius 2 is 2.00 bits per heavy atom. The summed E-state index contributed by atoms with van der Waals surface area (Å²) in [4.78, 5) is 14.5. The highest BCUT2D eigenvalue weighted by molar-refractivity contribution is 5.93. The van der Waals surface area contributed by atoms with Gasteiger partial charge in [-0.2, -0.15) is 0 Å². The van der Waals surface area contributed by atoms with Gasteiger partial charge in [-0.15, -0.1) is 0 Å². The second-order valence-corrected chi connectivity index (χ2v) is 5.84. The highest BCUT2D eigenvalue weighted by Crippen LogP contribution is 2.28. The summed E-state index contributed by atoms with van der Waals surface area (Å²) >= 11 is 0. The molecule has 0 aromatic heterocycles. The van der Waals surface area contributed by atoms with Crippen LogP contribution in [-0.4, -0.2) is 30.2 Å². The second-order valence-electron chi connectivity index (χ2n) is 5.84. The van der Waals surface area contributed by atoms with Gasteiger partial charge in [-0.1, -0.05) is 6.07 Å². The SMILES string of the molecule is O=C(Nc1cccc(N2CCCC2)c1)C1CCCC1O. The maximum atomic E-state index is 12.2. The van der Waals surface area contributed by atoms with Crippen LogP contribution in [0.3, 0.4) is 0 Å². The van der Waals surface area contributed by atoms with Gasteiger partial charge in [-0.25, -0.2) is 0 Å². The van der Waals surface area contributed by atoms with Gasteiger partial charge >= 0.3 is 0 Å². The Morgan fingerprint density at radius 3 is 2.70 bits per heavy atom. The quantitative estimate of drug-likeness (QED) is 0.890. The van der Waals surface area contributed by atoms with Crippen LogP contribution in [0.4, 0.5) is 11.4 Å². The van der Waals surface area contributed by atoms with Crippen molar-refractivity contribution in [1.29, 1.82) is 0 Å². The van der Waals surface area contributed by atoms with Gasteiger partial charge in [0.25, 0.3) is 0 Å². The first-order valence-corrected chi connectivity index (χ1v) is 7.58. The Bertz CT molecular complexity index is 483. The molecule has 0 bridgehead atoms. The number of anilines is 2. The Morgan fingerprint density at radius 1 is 1.20 bits per heavy atom. The zero-order chi connectivity index (χ0) is 13.9. The Kier molecular flexibility index (Phi) is 3.92. The van der Waals surface area contributed by atoms with Crippen LogP contribution in [0.15, 0.2) is 24.3 Å². The molecule has 1 heterocycles. The van der Waals surface area contributed by atoms with Crippen molar-refractivity contribution >= 4 is 17.3 Å². The van der Waals surface area contributed by atoms with Crippen molar-refractivity contribution in [3.63, 3.8) is 0 Å². The van der Waals surface area contributed by atoms with Crippen LogP contribution in [0.25, 0.3) is 0 Å². The van der Waals surface area contributed by atoms with Gasteiger partial charge < -0.3 is 15.3 Å².